The number of hydrogen-bond donors (Lipinski definition) is 1. The number of carbonyl (C=O) groups is 2. The van der Waals surface area contributed by atoms with Gasteiger partial charge in [-0.3, -0.25) is 0 Å². The summed E-state index contributed by atoms with van der Waals surface area (Å²) >= 11 is 0. The molecule has 1 heterocycles. The van der Waals surface area contributed by atoms with Gasteiger partial charge < -0.3 is 28.5 Å². The van der Waals surface area contributed by atoms with E-state index >= 15 is 0 Å². The number of ether oxygens (including phenoxy) is 4. The third kappa shape index (κ3) is 6.70. The van der Waals surface area contributed by atoms with E-state index < -0.39 is 51.0 Å². The first-order valence-electron chi connectivity index (χ1n) is 12.9. The first-order valence-corrected chi connectivity index (χ1v) is 15.8. The summed E-state index contributed by atoms with van der Waals surface area (Å²) < 4.78 is 29.5. The van der Waals surface area contributed by atoms with Crippen molar-refractivity contribution < 1.29 is 38.1 Å². The second kappa shape index (κ2) is 12.5. The monoisotopic (exact) mass is 544 g/mol. The lowest BCUT2D eigenvalue weighted by atomic mass is 9.98. The topological polar surface area (TPSA) is 101 Å². The molecule has 8 nitrogen and oxygen atoms in total. The molecule has 1 aliphatic rings. The van der Waals surface area contributed by atoms with Gasteiger partial charge in [0, 0.05) is 0 Å². The molecule has 208 valence electrons. The fraction of sp³-hybridized carbons (Fsp3) is 0.517. The molecule has 1 aliphatic heterocycles. The highest BCUT2D eigenvalue weighted by molar-refractivity contribution is 6.74. The number of benzene rings is 2. The van der Waals surface area contributed by atoms with Crippen molar-refractivity contribution in [1.82, 2.24) is 0 Å². The van der Waals surface area contributed by atoms with Crippen molar-refractivity contribution in [3.63, 3.8) is 0 Å². The van der Waals surface area contributed by atoms with E-state index in [1.165, 1.54) is 7.11 Å². The smallest absolute Gasteiger partial charge is 0.339 e. The second-order valence-corrected chi connectivity index (χ2v) is 15.5. The molecule has 0 bridgehead atoms. The lowest BCUT2D eigenvalue weighted by Gasteiger charge is -2.48. The number of carbonyl (C=O) groups excluding carboxylic acids is 2. The van der Waals surface area contributed by atoms with Gasteiger partial charge in [-0.15, -0.1) is 0 Å². The van der Waals surface area contributed by atoms with Crippen LogP contribution in [0.3, 0.4) is 0 Å². The molecule has 5 atom stereocenters. The van der Waals surface area contributed by atoms with E-state index in [-0.39, 0.29) is 17.2 Å². The molecule has 1 saturated heterocycles. The predicted octanol–water partition coefficient (Wildman–Crippen LogP) is 4.71. The molecule has 9 heteroatoms. The van der Waals surface area contributed by atoms with Crippen LogP contribution in [0.15, 0.2) is 60.7 Å². The number of hydrogen-bond acceptors (Lipinski definition) is 8. The number of aliphatic hydroxyl groups excluding tert-OH is 1. The van der Waals surface area contributed by atoms with E-state index in [1.807, 2.05) is 30.3 Å². The Morgan fingerprint density at radius 2 is 1.58 bits per heavy atom. The maximum atomic E-state index is 13.0. The van der Waals surface area contributed by atoms with E-state index in [0.29, 0.717) is 5.92 Å². The zero-order valence-electron chi connectivity index (χ0n) is 23.2. The van der Waals surface area contributed by atoms with Gasteiger partial charge in [-0.25, -0.2) is 9.59 Å². The molecule has 0 unspecified atom stereocenters. The van der Waals surface area contributed by atoms with Gasteiger partial charge >= 0.3 is 11.9 Å². The van der Waals surface area contributed by atoms with Gasteiger partial charge in [-0.05, 0) is 41.7 Å². The Balaban J connectivity index is 1.96. The fourth-order valence-electron chi connectivity index (χ4n) is 4.22. The summed E-state index contributed by atoms with van der Waals surface area (Å²) in [6.07, 6.45) is -6.31. The van der Waals surface area contributed by atoms with Crippen molar-refractivity contribution in [1.29, 1.82) is 0 Å². The second-order valence-electron chi connectivity index (χ2n) is 10.9. The molecule has 1 N–H and O–H groups in total. The average Bonchev–Trinajstić information content (AvgIpc) is 2.90. The normalized spacial score (nSPS) is 24.2. The average molecular weight is 545 g/mol. The van der Waals surface area contributed by atoms with Gasteiger partial charge in [0.1, 0.15) is 12.2 Å². The Kier molecular flexibility index (Phi) is 9.89. The molecule has 3 rings (SSSR count). The molecule has 0 amide bonds. The van der Waals surface area contributed by atoms with Crippen molar-refractivity contribution in [2.75, 3.05) is 7.11 Å². The molecule has 0 aromatic heterocycles. The van der Waals surface area contributed by atoms with Crippen molar-refractivity contribution in [3.05, 3.63) is 71.8 Å². The summed E-state index contributed by atoms with van der Waals surface area (Å²) in [4.78, 5) is 25.9. The van der Waals surface area contributed by atoms with Crippen LogP contribution in [0.4, 0.5) is 0 Å². The highest BCUT2D eigenvalue weighted by atomic mass is 28.4. The van der Waals surface area contributed by atoms with Gasteiger partial charge in [0.2, 0.25) is 0 Å². The van der Waals surface area contributed by atoms with Gasteiger partial charge in [0.15, 0.2) is 26.8 Å². The minimum atomic E-state index is -2.52. The summed E-state index contributed by atoms with van der Waals surface area (Å²) in [7, 11) is -1.30. The SMILES string of the molecule is COC(=O)[C@@H]1O[C@H](O[Si](C)(C)C(C)(C)C(C)C)[C@H](O)[C@@H](OCc2ccccc2)[C@@H]1OC(=O)c1ccccc1. The van der Waals surface area contributed by atoms with E-state index in [0.717, 1.165) is 5.56 Å². The van der Waals surface area contributed by atoms with Crippen molar-refractivity contribution in [2.45, 2.75) is 83.1 Å². The lowest BCUT2D eigenvalue weighted by molar-refractivity contribution is -0.284. The van der Waals surface area contributed by atoms with E-state index in [2.05, 4.69) is 40.8 Å². The van der Waals surface area contributed by atoms with Crippen molar-refractivity contribution in [3.8, 4) is 0 Å². The van der Waals surface area contributed by atoms with Crippen LogP contribution in [0, 0.1) is 5.92 Å². The standard InChI is InChI=1S/C29H40O8Si/c1-19(2)29(3,4)38(6,7)37-28-22(30)23(34-18-20-14-10-8-11-15-20)24(25(36-28)27(32)33-5)35-26(31)21-16-12-9-13-17-21/h8-17,19,22-25,28,30H,18H2,1-7H3/t22-,23-,24+,25-,28-/m1/s1. The van der Waals surface area contributed by atoms with E-state index in [9.17, 15) is 14.7 Å². The molecule has 0 radical (unpaired) electrons. The Labute approximate surface area is 226 Å². The third-order valence-corrected chi connectivity index (χ3v) is 12.4. The predicted molar refractivity (Wildman–Crippen MR) is 145 cm³/mol. The van der Waals surface area contributed by atoms with Crippen molar-refractivity contribution in [2.24, 2.45) is 5.92 Å². The van der Waals surface area contributed by atoms with Crippen LogP contribution >= 0.6 is 0 Å². The maximum Gasteiger partial charge on any atom is 0.339 e. The third-order valence-electron chi connectivity index (χ3n) is 7.90. The zero-order chi connectivity index (χ0) is 28.1. The quantitative estimate of drug-likeness (QED) is 0.339. The van der Waals surface area contributed by atoms with Crippen LogP contribution in [-0.4, -0.2) is 63.2 Å². The minimum absolute atomic E-state index is 0.112. The number of aliphatic hydroxyl groups is 1. The number of methoxy groups -OCH3 is 1. The minimum Gasteiger partial charge on any atom is -0.467 e. The van der Waals surface area contributed by atoms with Gasteiger partial charge in [-0.2, -0.15) is 0 Å². The Hall–Kier alpha value is -2.56. The van der Waals surface area contributed by atoms with E-state index in [1.54, 1.807) is 30.3 Å². The van der Waals surface area contributed by atoms with Gasteiger partial charge in [0.05, 0.1) is 19.3 Å². The van der Waals surface area contributed by atoms with Gasteiger partial charge in [-0.1, -0.05) is 76.2 Å². The van der Waals surface area contributed by atoms with Crippen LogP contribution in [0.2, 0.25) is 18.1 Å². The van der Waals surface area contributed by atoms with Crippen LogP contribution in [0.1, 0.15) is 43.6 Å². The molecule has 2 aromatic rings. The molecule has 1 fully saturated rings. The van der Waals surface area contributed by atoms with Crippen LogP contribution in [-0.2, 0) is 34.8 Å². The summed E-state index contributed by atoms with van der Waals surface area (Å²) in [6.45, 7) is 12.7. The molecule has 0 aliphatic carbocycles. The molecular formula is C29H40O8Si. The van der Waals surface area contributed by atoms with Crippen LogP contribution < -0.4 is 0 Å². The summed E-state index contributed by atoms with van der Waals surface area (Å²) in [6, 6.07) is 17.8. The number of esters is 2. The Bertz CT molecular complexity index is 1060. The Morgan fingerprint density at radius 1 is 1.00 bits per heavy atom. The molecule has 2 aromatic carbocycles. The fourth-order valence-corrected chi connectivity index (χ4v) is 6.69. The summed E-state index contributed by atoms with van der Waals surface area (Å²) in [5.74, 6) is -1.14. The maximum absolute atomic E-state index is 13.0. The highest BCUT2D eigenvalue weighted by Gasteiger charge is 2.55. The zero-order valence-corrected chi connectivity index (χ0v) is 24.2. The summed E-state index contributed by atoms with van der Waals surface area (Å²) in [5, 5.41) is 11.3. The highest BCUT2D eigenvalue weighted by Crippen LogP contribution is 2.46. The molecular weight excluding hydrogens is 504 g/mol. The number of rotatable bonds is 10. The van der Waals surface area contributed by atoms with E-state index in [4.69, 9.17) is 23.4 Å². The van der Waals surface area contributed by atoms with Crippen molar-refractivity contribution >= 4 is 20.3 Å². The first-order chi connectivity index (χ1) is 17.9. The Morgan fingerprint density at radius 3 is 2.13 bits per heavy atom. The summed E-state index contributed by atoms with van der Waals surface area (Å²) in [5.41, 5.74) is 1.14. The lowest BCUT2D eigenvalue weighted by Crippen LogP contribution is -2.64. The molecule has 0 saturated carbocycles. The molecule has 38 heavy (non-hydrogen) atoms. The van der Waals surface area contributed by atoms with Crippen LogP contribution in [0.25, 0.3) is 0 Å². The van der Waals surface area contributed by atoms with Crippen LogP contribution in [0.5, 0.6) is 0 Å². The first kappa shape index (κ1) is 30.0. The van der Waals surface area contributed by atoms with Gasteiger partial charge in [0.25, 0.3) is 0 Å². The molecule has 0 spiro atoms. The largest absolute Gasteiger partial charge is 0.467 e.